The van der Waals surface area contributed by atoms with Crippen molar-refractivity contribution in [2.45, 2.75) is 347 Å². The first-order valence-electron chi connectivity index (χ1n) is 43.1. The molecule has 0 aromatic heterocycles. The van der Waals surface area contributed by atoms with Gasteiger partial charge in [0.15, 0.2) is 6.10 Å². The van der Waals surface area contributed by atoms with Gasteiger partial charge in [-0.25, -0.2) is 9.13 Å². The maximum absolute atomic E-state index is 13.0. The van der Waals surface area contributed by atoms with Crippen LogP contribution in [0.2, 0.25) is 0 Å². The summed E-state index contributed by atoms with van der Waals surface area (Å²) in [5.74, 6) is -1.62. The molecule has 0 heterocycles. The number of phosphoric ester groups is 2. The van der Waals surface area contributed by atoms with Crippen molar-refractivity contribution < 1.29 is 75.8 Å². The molecule has 0 aliphatic heterocycles. The Hall–Kier alpha value is -5.35. The molecule has 16 nitrogen and oxygen atoms in total. The average Bonchev–Trinajstić information content (AvgIpc) is 0.901. The molecule has 0 spiro atoms. The van der Waals surface area contributed by atoms with Crippen molar-refractivity contribution in [1.29, 1.82) is 0 Å². The van der Waals surface area contributed by atoms with Crippen molar-refractivity contribution in [1.82, 2.24) is 0 Å². The van der Waals surface area contributed by atoms with E-state index >= 15 is 0 Å². The van der Waals surface area contributed by atoms with E-state index in [1.54, 1.807) is 0 Å². The van der Waals surface area contributed by atoms with Crippen molar-refractivity contribution >= 4 is 33.6 Å². The monoisotopic (exact) mass is 1590 g/mol. The number of hydrogen-bond acceptors (Lipinski definition) is 14. The van der Waals surface area contributed by atoms with Gasteiger partial charge in [-0.1, -0.05) is 338 Å². The molecule has 0 bridgehead atoms. The van der Waals surface area contributed by atoms with Crippen molar-refractivity contribution in [2.75, 3.05) is 39.6 Å². The maximum atomic E-state index is 13.0. The first-order chi connectivity index (χ1) is 54.2. The Bertz CT molecular complexity index is 2750. The number of allylic oxidation sites excluding steroid dienone is 30. The van der Waals surface area contributed by atoms with E-state index in [0.29, 0.717) is 19.3 Å². The number of rotatable bonds is 80. The van der Waals surface area contributed by atoms with E-state index in [1.165, 1.54) is 83.5 Å². The minimum Gasteiger partial charge on any atom is -0.463 e. The van der Waals surface area contributed by atoms with E-state index in [2.05, 4.69) is 203 Å². The van der Waals surface area contributed by atoms with Crippen LogP contribution in [0.15, 0.2) is 182 Å². The number of esters is 3. The average molecular weight is 1590 g/mol. The molecule has 0 amide bonds. The molecule has 0 radical (unpaired) electrons. The summed E-state index contributed by atoms with van der Waals surface area (Å²) in [5.41, 5.74) is 0. The lowest BCUT2D eigenvalue weighted by Crippen LogP contribution is -2.30. The number of aliphatic hydroxyl groups is 2. The predicted octanol–water partition coefficient (Wildman–Crippen LogP) is 26.1. The number of carbonyl (C=O) groups excluding carboxylic acids is 3. The lowest BCUT2D eigenvalue weighted by atomic mass is 10.0. The van der Waals surface area contributed by atoms with Gasteiger partial charge in [0.05, 0.1) is 26.4 Å². The molecular formula is C93H154O16P2. The Balaban J connectivity index is 4.50. The van der Waals surface area contributed by atoms with Crippen LogP contribution in [0.3, 0.4) is 0 Å². The SMILES string of the molecule is CC/C=C\C/C=C\C/C=C\C/C=C\C/C=C\C/C=C\CCCCCCCCCCCCCCCCCCC(=O)OCC(O)COP(=O)(O)OCC(O)COP(=O)(O)OCC(COC(=O)CCCCCCCCC/C=C\C/C=C\C/C=C\C/C=C\C/C=C\CC)OC(=O)CCCCCC/C=C\C/C=C\C/C=C\C/C=C\CC. The Kier molecular flexibility index (Phi) is 80.0. The molecule has 0 aromatic rings. The van der Waals surface area contributed by atoms with E-state index in [1.807, 2.05) is 0 Å². The van der Waals surface area contributed by atoms with Gasteiger partial charge in [0, 0.05) is 19.3 Å². The van der Waals surface area contributed by atoms with Crippen LogP contribution in [0, 0.1) is 0 Å². The molecule has 0 aliphatic rings. The molecule has 632 valence electrons. The van der Waals surface area contributed by atoms with Crippen LogP contribution in [0.25, 0.3) is 0 Å². The quantitative estimate of drug-likeness (QED) is 0.0146. The van der Waals surface area contributed by atoms with Gasteiger partial charge in [-0.15, -0.1) is 0 Å². The number of aliphatic hydroxyl groups excluding tert-OH is 2. The summed E-state index contributed by atoms with van der Waals surface area (Å²) in [4.78, 5) is 58.8. The molecule has 0 aromatic carbocycles. The van der Waals surface area contributed by atoms with Gasteiger partial charge in [-0.2, -0.15) is 0 Å². The Morgan fingerprint density at radius 2 is 0.450 bits per heavy atom. The van der Waals surface area contributed by atoms with E-state index in [9.17, 15) is 43.5 Å². The lowest BCUT2D eigenvalue weighted by molar-refractivity contribution is -0.161. The first kappa shape index (κ1) is 106. The third kappa shape index (κ3) is 85.4. The van der Waals surface area contributed by atoms with Gasteiger partial charge in [0.1, 0.15) is 25.4 Å². The van der Waals surface area contributed by atoms with Crippen LogP contribution >= 0.6 is 15.6 Å². The molecule has 0 rings (SSSR count). The molecule has 0 saturated carbocycles. The molecule has 0 saturated heterocycles. The van der Waals surface area contributed by atoms with Crippen molar-refractivity contribution in [3.8, 4) is 0 Å². The van der Waals surface area contributed by atoms with Crippen molar-refractivity contribution in [3.63, 3.8) is 0 Å². The zero-order valence-electron chi connectivity index (χ0n) is 69.3. The fraction of sp³-hybridized carbons (Fsp3) is 0.645. The number of ether oxygens (including phenoxy) is 3. The molecule has 5 unspecified atom stereocenters. The predicted molar refractivity (Wildman–Crippen MR) is 463 cm³/mol. The Morgan fingerprint density at radius 1 is 0.252 bits per heavy atom. The number of carbonyl (C=O) groups is 3. The maximum Gasteiger partial charge on any atom is 0.472 e. The van der Waals surface area contributed by atoms with Gasteiger partial charge in [0.25, 0.3) is 0 Å². The third-order valence-corrected chi connectivity index (χ3v) is 19.5. The molecule has 111 heavy (non-hydrogen) atoms. The Labute approximate surface area is 675 Å². The summed E-state index contributed by atoms with van der Waals surface area (Å²) >= 11 is 0. The van der Waals surface area contributed by atoms with Gasteiger partial charge < -0.3 is 34.2 Å². The number of hydrogen-bond donors (Lipinski definition) is 4. The smallest absolute Gasteiger partial charge is 0.463 e. The van der Waals surface area contributed by atoms with E-state index in [-0.39, 0.29) is 19.3 Å². The summed E-state index contributed by atoms with van der Waals surface area (Å²) < 4.78 is 61.3. The van der Waals surface area contributed by atoms with Crippen LogP contribution in [-0.4, -0.2) is 95.9 Å². The van der Waals surface area contributed by atoms with E-state index in [0.717, 1.165) is 186 Å². The normalized spacial score (nSPS) is 14.8. The van der Waals surface area contributed by atoms with Crippen molar-refractivity contribution in [2.24, 2.45) is 0 Å². The van der Waals surface area contributed by atoms with Gasteiger partial charge in [-0.3, -0.25) is 32.5 Å². The molecule has 5 atom stereocenters. The summed E-state index contributed by atoms with van der Waals surface area (Å²) in [6.45, 7) is 2.31. The Morgan fingerprint density at radius 3 is 0.712 bits per heavy atom. The third-order valence-electron chi connectivity index (χ3n) is 17.6. The van der Waals surface area contributed by atoms with Crippen LogP contribution in [0.5, 0.6) is 0 Å². The molecule has 18 heteroatoms. The minimum atomic E-state index is -4.95. The molecular weight excluding hydrogens is 1430 g/mol. The highest BCUT2D eigenvalue weighted by molar-refractivity contribution is 7.47. The van der Waals surface area contributed by atoms with E-state index in [4.69, 9.17) is 32.3 Å². The van der Waals surface area contributed by atoms with Crippen LogP contribution in [-0.2, 0) is 55.8 Å². The zero-order valence-corrected chi connectivity index (χ0v) is 71.1. The molecule has 0 aliphatic carbocycles. The number of phosphoric acid groups is 2. The van der Waals surface area contributed by atoms with Crippen LogP contribution in [0.1, 0.15) is 329 Å². The van der Waals surface area contributed by atoms with Gasteiger partial charge in [0.2, 0.25) is 0 Å². The van der Waals surface area contributed by atoms with Crippen molar-refractivity contribution in [3.05, 3.63) is 182 Å². The summed E-state index contributed by atoms with van der Waals surface area (Å²) in [5, 5.41) is 20.7. The highest BCUT2D eigenvalue weighted by atomic mass is 31.2. The summed E-state index contributed by atoms with van der Waals surface area (Å²) in [6.07, 6.45) is 109. The van der Waals surface area contributed by atoms with Gasteiger partial charge >= 0.3 is 33.6 Å². The second-order valence-electron chi connectivity index (χ2n) is 28.2. The first-order valence-corrected chi connectivity index (χ1v) is 46.1. The highest BCUT2D eigenvalue weighted by Crippen LogP contribution is 2.45. The minimum absolute atomic E-state index is 0.0684. The molecule has 0 fully saturated rings. The van der Waals surface area contributed by atoms with Crippen LogP contribution < -0.4 is 0 Å². The standard InChI is InChI=1S/C93H154O16P2/c1-4-7-10-13-16-19-22-25-28-31-33-35-37-38-39-40-41-42-43-44-45-46-47-48-50-52-53-56-58-61-64-67-70-73-76-79-91(96)103-82-88(94)83-105-110(99,100)106-84-89(95)85-107-111(101,102)108-87-90(109-93(98)81-78-75-72-69-66-63-60-55-30-27-24-21-18-15-12-9-6-3)86-104-92(97)80-77-74-71-68-65-62-59-57-54-51-49-36-34-32-29-26-23-20-17-14-11-8-5-2/h7-12,16-21,25-30,33-36,38-39,41-42,51,54,60,63,88-90,94-95H,4-6,13-15,22-24,31-32,37,40,43-50,52-53,55-59,61-62,64-87H2,1-3H3,(H,99,100)(H,101,102)/b10-7-,11-8-,12-9-,19-16-,20-17-,21-18-,28-25-,29-26-,30-27-,35-33-,36-34-,39-38-,42-41-,54-51-,63-60-. The molecule has 4 N–H and O–H groups in total. The topological polar surface area (TPSA) is 231 Å². The summed E-state index contributed by atoms with van der Waals surface area (Å²) in [7, 11) is -9.82. The lowest BCUT2D eigenvalue weighted by Gasteiger charge is -2.21. The number of unbranched alkanes of at least 4 members (excludes halogenated alkanes) is 27. The largest absolute Gasteiger partial charge is 0.472 e. The zero-order chi connectivity index (χ0) is 80.8. The second kappa shape index (κ2) is 84.1. The second-order valence-corrected chi connectivity index (χ2v) is 31.1. The van der Waals surface area contributed by atoms with Crippen LogP contribution in [0.4, 0.5) is 0 Å². The van der Waals surface area contributed by atoms with Gasteiger partial charge in [-0.05, 0) is 154 Å². The van der Waals surface area contributed by atoms with E-state index < -0.39 is 91.5 Å². The fourth-order valence-electron chi connectivity index (χ4n) is 11.2. The fourth-order valence-corrected chi connectivity index (χ4v) is 12.8. The summed E-state index contributed by atoms with van der Waals surface area (Å²) in [6, 6.07) is 0. The highest BCUT2D eigenvalue weighted by Gasteiger charge is 2.29.